The molecule has 0 saturated carbocycles. The van der Waals surface area contributed by atoms with Crippen molar-refractivity contribution in [2.75, 3.05) is 27.3 Å². The Morgan fingerprint density at radius 1 is 0.677 bits per heavy atom. The van der Waals surface area contributed by atoms with Gasteiger partial charge in [0.25, 0.3) is 5.91 Å². The topological polar surface area (TPSA) is 175 Å². The van der Waals surface area contributed by atoms with Crippen molar-refractivity contribution >= 4 is 34.8 Å². The number of methoxy groups -OCH3 is 2. The van der Waals surface area contributed by atoms with E-state index in [1.807, 2.05) is 44.2 Å². The van der Waals surface area contributed by atoms with E-state index < -0.39 is 48.0 Å². The maximum Gasteiger partial charge on any atom is 0.416 e. The predicted molar refractivity (Wildman–Crippen MR) is 236 cm³/mol. The number of carbonyl (C=O) groups excluding carboxylic acids is 4. The molecule has 2 fully saturated rings. The van der Waals surface area contributed by atoms with Crippen LogP contribution in [0, 0.1) is 5.92 Å². The molecule has 4 heterocycles. The monoisotopic (exact) mass is 890 g/mol. The van der Waals surface area contributed by atoms with Gasteiger partial charge in [-0.3, -0.25) is 9.59 Å². The molecular formula is C48H49F3N8O6. The second kappa shape index (κ2) is 18.5. The Morgan fingerprint density at radius 3 is 1.78 bits per heavy atom. The number of amides is 4. The summed E-state index contributed by atoms with van der Waals surface area (Å²) in [6.45, 7) is 4.67. The largest absolute Gasteiger partial charge is 0.453 e. The van der Waals surface area contributed by atoms with E-state index >= 15 is 0 Å². The van der Waals surface area contributed by atoms with Crippen molar-refractivity contribution in [1.29, 1.82) is 0 Å². The number of nitrogens with one attached hydrogen (secondary N) is 4. The van der Waals surface area contributed by atoms with Gasteiger partial charge < -0.3 is 39.9 Å². The van der Waals surface area contributed by atoms with Crippen LogP contribution < -0.4 is 10.6 Å². The summed E-state index contributed by atoms with van der Waals surface area (Å²) >= 11 is 0. The van der Waals surface area contributed by atoms with E-state index in [1.165, 1.54) is 24.1 Å². The molecule has 0 bridgehead atoms. The molecule has 2 unspecified atom stereocenters. The minimum absolute atomic E-state index is 0.0162. The van der Waals surface area contributed by atoms with Crippen LogP contribution in [-0.2, 0) is 25.2 Å². The number of H-pyrrole nitrogens is 2. The van der Waals surface area contributed by atoms with E-state index in [0.717, 1.165) is 76.5 Å². The van der Waals surface area contributed by atoms with Gasteiger partial charge in [0.05, 0.1) is 55.6 Å². The molecule has 4 atom stereocenters. The fourth-order valence-corrected chi connectivity index (χ4v) is 8.77. The van der Waals surface area contributed by atoms with Crippen LogP contribution in [0.15, 0.2) is 97.3 Å². The molecule has 2 saturated heterocycles. The summed E-state index contributed by atoms with van der Waals surface area (Å²) in [5.74, 6) is 0.355. The summed E-state index contributed by atoms with van der Waals surface area (Å²) in [7, 11) is 2.39. The Labute approximate surface area is 372 Å². The zero-order valence-electron chi connectivity index (χ0n) is 36.2. The van der Waals surface area contributed by atoms with Crippen LogP contribution in [0.1, 0.15) is 80.4 Å². The Morgan fingerprint density at radius 2 is 1.20 bits per heavy atom. The Hall–Kier alpha value is -7.17. The molecule has 8 rings (SSSR count). The predicted octanol–water partition coefficient (Wildman–Crippen LogP) is 9.11. The lowest BCUT2D eigenvalue weighted by molar-refractivity contribution is -0.138. The number of benzene rings is 4. The average molecular weight is 891 g/mol. The summed E-state index contributed by atoms with van der Waals surface area (Å²) in [6.07, 6.45) is 0.0234. The van der Waals surface area contributed by atoms with Crippen molar-refractivity contribution in [3.63, 3.8) is 0 Å². The molecule has 4 N–H and O–H groups in total. The second-order valence-corrected chi connectivity index (χ2v) is 16.6. The van der Waals surface area contributed by atoms with Gasteiger partial charge in [0.15, 0.2) is 0 Å². The fourth-order valence-electron chi connectivity index (χ4n) is 8.77. The number of hydrogen-bond acceptors (Lipinski definition) is 8. The highest BCUT2D eigenvalue weighted by molar-refractivity contribution is 5.91. The number of imidazole rings is 2. The normalized spacial score (nSPS) is 17.3. The smallest absolute Gasteiger partial charge is 0.416 e. The summed E-state index contributed by atoms with van der Waals surface area (Å²) in [4.78, 5) is 71.3. The van der Waals surface area contributed by atoms with E-state index in [2.05, 4.69) is 55.9 Å². The van der Waals surface area contributed by atoms with Crippen molar-refractivity contribution in [2.45, 2.75) is 69.9 Å². The van der Waals surface area contributed by atoms with E-state index in [1.54, 1.807) is 17.3 Å². The molecule has 4 aromatic carbocycles. The standard InChI is InChI=1S/C48H49F3N8O6/c1-27(2)40(56-46(62)64-3)44(60)58-20-6-10-38(58)43-53-26-37(55-43)33-19-18-31-22-30(16-17-32(31)23-33)28-12-14-29(15-13-28)36-25-52-42(54-36)39-11-7-21-59(39)45(61)41(57-47(63)65-4)34-8-5-9-35(24-34)48(49,50)51/h5,8-9,12-19,22-27,38-41H,6-7,10-11,20-21H2,1-4H3,(H,52,54)(H,53,55)(H,56,62)(H,57,63)/t38-,39?,40-,41?/m0/s1. The summed E-state index contributed by atoms with van der Waals surface area (Å²) < 4.78 is 50.2. The van der Waals surface area contributed by atoms with Crippen molar-refractivity contribution in [1.82, 2.24) is 40.4 Å². The molecule has 0 aliphatic carbocycles. The first-order valence-electron chi connectivity index (χ1n) is 21.4. The molecule has 0 spiro atoms. The zero-order valence-corrected chi connectivity index (χ0v) is 36.2. The Balaban J connectivity index is 0.947. The van der Waals surface area contributed by atoms with Gasteiger partial charge in [-0.25, -0.2) is 19.6 Å². The van der Waals surface area contributed by atoms with E-state index in [0.29, 0.717) is 37.6 Å². The van der Waals surface area contributed by atoms with Gasteiger partial charge in [0.1, 0.15) is 23.7 Å². The van der Waals surface area contributed by atoms with Crippen LogP contribution in [-0.4, -0.2) is 87.1 Å². The van der Waals surface area contributed by atoms with E-state index in [9.17, 15) is 32.3 Å². The second-order valence-electron chi connectivity index (χ2n) is 16.6. The van der Waals surface area contributed by atoms with Gasteiger partial charge in [0, 0.05) is 18.7 Å². The highest BCUT2D eigenvalue weighted by Gasteiger charge is 2.40. The first-order valence-corrected chi connectivity index (χ1v) is 21.4. The lowest BCUT2D eigenvalue weighted by atomic mass is 9.98. The van der Waals surface area contributed by atoms with Gasteiger partial charge in [-0.05, 0) is 88.9 Å². The molecule has 17 heteroatoms. The van der Waals surface area contributed by atoms with Gasteiger partial charge in [-0.2, -0.15) is 13.2 Å². The van der Waals surface area contributed by atoms with Gasteiger partial charge in [0.2, 0.25) is 5.91 Å². The number of alkyl halides is 3. The van der Waals surface area contributed by atoms with Gasteiger partial charge in [-0.15, -0.1) is 0 Å². The highest BCUT2D eigenvalue weighted by atomic mass is 19.4. The number of ether oxygens (including phenoxy) is 2. The molecule has 338 valence electrons. The number of rotatable bonds is 11. The molecule has 0 radical (unpaired) electrons. The van der Waals surface area contributed by atoms with Crippen molar-refractivity contribution in [3.05, 3.63) is 120 Å². The van der Waals surface area contributed by atoms with Crippen LogP contribution in [0.5, 0.6) is 0 Å². The van der Waals surface area contributed by atoms with E-state index in [-0.39, 0.29) is 23.4 Å². The van der Waals surface area contributed by atoms with Crippen LogP contribution in [0.2, 0.25) is 0 Å². The number of likely N-dealkylation sites (tertiary alicyclic amines) is 2. The van der Waals surface area contributed by atoms with Crippen molar-refractivity contribution < 1.29 is 41.8 Å². The number of aromatic amines is 2. The number of carbonyl (C=O) groups is 4. The molecular weight excluding hydrogens is 842 g/mol. The van der Waals surface area contributed by atoms with Crippen molar-refractivity contribution in [3.8, 4) is 33.6 Å². The van der Waals surface area contributed by atoms with Gasteiger partial charge >= 0.3 is 18.4 Å². The molecule has 65 heavy (non-hydrogen) atoms. The molecule has 4 amide bonds. The molecule has 14 nitrogen and oxygen atoms in total. The Bertz CT molecular complexity index is 2710. The third-order valence-electron chi connectivity index (χ3n) is 12.2. The van der Waals surface area contributed by atoms with E-state index in [4.69, 9.17) is 14.5 Å². The number of halogens is 3. The highest BCUT2D eigenvalue weighted by Crippen LogP contribution is 2.37. The maximum absolute atomic E-state index is 14.0. The average Bonchev–Trinajstić information content (AvgIpc) is 4.16. The first-order chi connectivity index (χ1) is 31.2. The zero-order chi connectivity index (χ0) is 46.0. The minimum atomic E-state index is -4.64. The number of hydrogen-bond donors (Lipinski definition) is 4. The third kappa shape index (κ3) is 9.40. The van der Waals surface area contributed by atoms with Crippen LogP contribution in [0.3, 0.4) is 0 Å². The van der Waals surface area contributed by atoms with Crippen LogP contribution >= 0.6 is 0 Å². The summed E-state index contributed by atoms with van der Waals surface area (Å²) in [5, 5.41) is 7.20. The molecule has 6 aromatic rings. The quantitative estimate of drug-likeness (QED) is 0.0997. The lowest BCUT2D eigenvalue weighted by Gasteiger charge is -2.30. The number of fused-ring (bicyclic) bond motifs is 1. The summed E-state index contributed by atoms with van der Waals surface area (Å²) in [5.41, 5.74) is 4.45. The SMILES string of the molecule is COC(=O)NC(C(=O)N1CCCC1c1ncc(-c2ccc(-c3ccc4cc(-c5cnc([C@@H]6CCCN6C(=O)[C@@H](NC(=O)OC)C(C)C)[nH]5)ccc4c3)cc2)[nH]1)c1cccc(C(F)(F)F)c1. The number of aromatic nitrogens is 4. The minimum Gasteiger partial charge on any atom is -0.453 e. The lowest BCUT2D eigenvalue weighted by Crippen LogP contribution is -2.51. The Kier molecular flexibility index (Phi) is 12.7. The maximum atomic E-state index is 14.0. The van der Waals surface area contributed by atoms with Crippen LogP contribution in [0.25, 0.3) is 44.4 Å². The summed E-state index contributed by atoms with van der Waals surface area (Å²) in [6, 6.07) is 22.0. The fraction of sp³-hybridized carbons (Fsp3) is 0.333. The first kappa shape index (κ1) is 44.4. The molecule has 2 aliphatic rings. The number of alkyl carbamates (subject to hydrolysis) is 2. The molecule has 2 aliphatic heterocycles. The number of nitrogens with zero attached hydrogens (tertiary/aromatic N) is 4. The molecule has 2 aromatic heterocycles. The van der Waals surface area contributed by atoms with Gasteiger partial charge in [-0.1, -0.05) is 74.5 Å². The van der Waals surface area contributed by atoms with Crippen LogP contribution in [0.4, 0.5) is 22.8 Å². The third-order valence-corrected chi connectivity index (χ3v) is 12.2. The van der Waals surface area contributed by atoms with Crippen molar-refractivity contribution in [2.24, 2.45) is 5.92 Å².